The highest BCUT2D eigenvalue weighted by Crippen LogP contribution is 2.31. The van der Waals surface area contributed by atoms with Crippen LogP contribution in [0.1, 0.15) is 11.7 Å². The molecule has 1 fully saturated rings. The minimum atomic E-state index is -1.12. The number of carbonyl (C=O) groups excluding carboxylic acids is 1. The van der Waals surface area contributed by atoms with Gasteiger partial charge >= 0.3 is 0 Å². The SMILES string of the molecule is COc1cc(C(O)C(O)CCl)ccc1OCC(=O)N1CCOCC1. The molecule has 24 heavy (non-hydrogen) atoms. The third-order valence-electron chi connectivity index (χ3n) is 3.77. The fourth-order valence-corrected chi connectivity index (χ4v) is 2.51. The summed E-state index contributed by atoms with van der Waals surface area (Å²) < 4.78 is 16.0. The first-order chi connectivity index (χ1) is 11.6. The lowest BCUT2D eigenvalue weighted by Crippen LogP contribution is -2.43. The van der Waals surface area contributed by atoms with E-state index < -0.39 is 12.2 Å². The van der Waals surface area contributed by atoms with Gasteiger partial charge in [0.05, 0.1) is 32.3 Å². The number of hydrogen-bond acceptors (Lipinski definition) is 6. The van der Waals surface area contributed by atoms with Crippen molar-refractivity contribution >= 4 is 17.5 Å². The van der Waals surface area contributed by atoms with Gasteiger partial charge in [-0.25, -0.2) is 0 Å². The number of carbonyl (C=O) groups is 1. The van der Waals surface area contributed by atoms with Crippen molar-refractivity contribution in [1.29, 1.82) is 0 Å². The Hall–Kier alpha value is -1.54. The fourth-order valence-electron chi connectivity index (χ4n) is 2.34. The van der Waals surface area contributed by atoms with Crippen molar-refractivity contribution in [2.45, 2.75) is 12.2 Å². The molecule has 0 aliphatic carbocycles. The maximum absolute atomic E-state index is 12.1. The standard InChI is InChI=1S/C16H22ClNO6/c1-22-14-8-11(16(21)12(19)9-17)2-3-13(14)24-10-15(20)18-4-6-23-7-5-18/h2-3,8,12,16,19,21H,4-7,9-10H2,1H3. The van der Waals surface area contributed by atoms with E-state index in [0.29, 0.717) is 43.4 Å². The maximum Gasteiger partial charge on any atom is 0.260 e. The van der Waals surface area contributed by atoms with Crippen LogP contribution < -0.4 is 9.47 Å². The van der Waals surface area contributed by atoms with Gasteiger partial charge in [-0.2, -0.15) is 0 Å². The molecule has 0 spiro atoms. The Morgan fingerprint density at radius 1 is 1.33 bits per heavy atom. The monoisotopic (exact) mass is 359 g/mol. The topological polar surface area (TPSA) is 88.5 Å². The second-order valence-electron chi connectivity index (χ2n) is 5.36. The summed E-state index contributed by atoms with van der Waals surface area (Å²) in [6, 6.07) is 4.73. The van der Waals surface area contributed by atoms with Crippen LogP contribution in [0.25, 0.3) is 0 Å². The molecule has 1 aromatic rings. The highest BCUT2D eigenvalue weighted by atomic mass is 35.5. The molecule has 0 aromatic heterocycles. The lowest BCUT2D eigenvalue weighted by atomic mass is 10.0. The number of benzene rings is 1. The molecule has 0 bridgehead atoms. The minimum absolute atomic E-state index is 0.0875. The summed E-state index contributed by atoms with van der Waals surface area (Å²) in [5.41, 5.74) is 0.451. The molecular weight excluding hydrogens is 338 g/mol. The molecule has 134 valence electrons. The zero-order chi connectivity index (χ0) is 17.5. The number of rotatable bonds is 7. The van der Waals surface area contributed by atoms with E-state index in [-0.39, 0.29) is 18.4 Å². The van der Waals surface area contributed by atoms with Gasteiger partial charge in [-0.05, 0) is 17.7 Å². The summed E-state index contributed by atoms with van der Waals surface area (Å²) in [5.74, 6) is 0.538. The Labute approximate surface area is 145 Å². The predicted octanol–water partition coefficient (Wildman–Crippen LogP) is 0.566. The second kappa shape index (κ2) is 9.08. The molecule has 8 heteroatoms. The molecule has 1 amide bonds. The fraction of sp³-hybridized carbons (Fsp3) is 0.562. The summed E-state index contributed by atoms with van der Waals surface area (Å²) in [7, 11) is 1.46. The second-order valence-corrected chi connectivity index (χ2v) is 5.67. The van der Waals surface area contributed by atoms with Gasteiger partial charge in [0.25, 0.3) is 5.91 Å². The van der Waals surface area contributed by atoms with Crippen molar-refractivity contribution in [1.82, 2.24) is 4.90 Å². The molecule has 1 aliphatic rings. The van der Waals surface area contributed by atoms with Crippen LogP contribution in [-0.4, -0.2) is 73.0 Å². The van der Waals surface area contributed by atoms with Crippen LogP contribution in [-0.2, 0) is 9.53 Å². The van der Waals surface area contributed by atoms with Gasteiger partial charge in [0.15, 0.2) is 18.1 Å². The number of hydrogen-bond donors (Lipinski definition) is 2. The van der Waals surface area contributed by atoms with Gasteiger partial charge in [0.1, 0.15) is 6.10 Å². The number of alkyl halides is 1. The Bertz CT molecular complexity index is 549. The van der Waals surface area contributed by atoms with Gasteiger partial charge in [-0.3, -0.25) is 4.79 Å². The Kier molecular flexibility index (Phi) is 7.11. The van der Waals surface area contributed by atoms with Crippen LogP contribution >= 0.6 is 11.6 Å². The molecule has 1 heterocycles. The first-order valence-corrected chi connectivity index (χ1v) is 8.18. The summed E-state index contributed by atoms with van der Waals surface area (Å²) >= 11 is 5.54. The number of amides is 1. The van der Waals surface area contributed by atoms with Crippen molar-refractivity contribution in [2.75, 3.05) is 45.9 Å². The van der Waals surface area contributed by atoms with Crippen LogP contribution in [0, 0.1) is 0 Å². The third kappa shape index (κ3) is 4.73. The molecule has 7 nitrogen and oxygen atoms in total. The van der Waals surface area contributed by atoms with Crippen molar-refractivity contribution in [2.24, 2.45) is 0 Å². The highest BCUT2D eigenvalue weighted by molar-refractivity contribution is 6.18. The van der Waals surface area contributed by atoms with E-state index in [9.17, 15) is 15.0 Å². The summed E-state index contributed by atoms with van der Waals surface area (Å²) in [4.78, 5) is 13.8. The smallest absolute Gasteiger partial charge is 0.260 e. The molecule has 1 saturated heterocycles. The minimum Gasteiger partial charge on any atom is -0.493 e. The molecule has 2 unspecified atom stereocenters. The van der Waals surface area contributed by atoms with Crippen LogP contribution in [0.3, 0.4) is 0 Å². The van der Waals surface area contributed by atoms with Crippen molar-refractivity contribution in [3.63, 3.8) is 0 Å². The summed E-state index contributed by atoms with van der Waals surface area (Å²) in [6.07, 6.45) is -2.20. The molecule has 2 atom stereocenters. The summed E-state index contributed by atoms with van der Waals surface area (Å²) in [5, 5.41) is 19.6. The van der Waals surface area contributed by atoms with Crippen LogP contribution in [0.15, 0.2) is 18.2 Å². The van der Waals surface area contributed by atoms with E-state index in [1.165, 1.54) is 7.11 Å². The quantitative estimate of drug-likeness (QED) is 0.692. The third-order valence-corrected chi connectivity index (χ3v) is 4.08. The lowest BCUT2D eigenvalue weighted by molar-refractivity contribution is -0.137. The van der Waals surface area contributed by atoms with Crippen LogP contribution in [0.5, 0.6) is 11.5 Å². The maximum atomic E-state index is 12.1. The van der Waals surface area contributed by atoms with E-state index in [0.717, 1.165) is 0 Å². The van der Waals surface area contributed by atoms with Crippen molar-refractivity contribution in [3.8, 4) is 11.5 Å². The molecule has 0 radical (unpaired) electrons. The average Bonchev–Trinajstić information content (AvgIpc) is 2.65. The largest absolute Gasteiger partial charge is 0.493 e. The van der Waals surface area contributed by atoms with Gasteiger partial charge in [-0.1, -0.05) is 6.07 Å². The summed E-state index contributed by atoms with van der Waals surface area (Å²) in [6.45, 7) is 2.07. The predicted molar refractivity (Wildman–Crippen MR) is 87.6 cm³/mol. The van der Waals surface area contributed by atoms with E-state index in [1.54, 1.807) is 23.1 Å². The zero-order valence-electron chi connectivity index (χ0n) is 13.5. The van der Waals surface area contributed by atoms with Gasteiger partial charge in [-0.15, -0.1) is 11.6 Å². The highest BCUT2D eigenvalue weighted by Gasteiger charge is 2.21. The molecule has 1 aromatic carbocycles. The van der Waals surface area contributed by atoms with E-state index >= 15 is 0 Å². The number of nitrogens with zero attached hydrogens (tertiary/aromatic N) is 1. The number of aliphatic hydroxyl groups is 2. The zero-order valence-corrected chi connectivity index (χ0v) is 14.2. The number of ether oxygens (including phenoxy) is 3. The Morgan fingerprint density at radius 3 is 2.67 bits per heavy atom. The number of aliphatic hydroxyl groups excluding tert-OH is 2. The molecule has 2 rings (SSSR count). The number of morpholine rings is 1. The Morgan fingerprint density at radius 2 is 2.04 bits per heavy atom. The molecular formula is C16H22ClNO6. The van der Waals surface area contributed by atoms with Crippen molar-refractivity contribution in [3.05, 3.63) is 23.8 Å². The van der Waals surface area contributed by atoms with Gasteiger partial charge in [0.2, 0.25) is 0 Å². The number of methoxy groups -OCH3 is 1. The normalized spacial score (nSPS) is 17.2. The van der Waals surface area contributed by atoms with E-state index in [2.05, 4.69) is 0 Å². The van der Waals surface area contributed by atoms with Crippen LogP contribution in [0.2, 0.25) is 0 Å². The van der Waals surface area contributed by atoms with E-state index in [1.807, 2.05) is 0 Å². The molecule has 1 aliphatic heterocycles. The number of halogens is 1. The average molecular weight is 360 g/mol. The first-order valence-electron chi connectivity index (χ1n) is 7.65. The molecule has 2 N–H and O–H groups in total. The first kappa shape index (κ1) is 18.8. The Balaban J connectivity index is 2.00. The van der Waals surface area contributed by atoms with Gasteiger partial charge < -0.3 is 29.3 Å². The van der Waals surface area contributed by atoms with Crippen molar-refractivity contribution < 1.29 is 29.2 Å². The lowest BCUT2D eigenvalue weighted by Gasteiger charge is -2.26. The van der Waals surface area contributed by atoms with Crippen LogP contribution in [0.4, 0.5) is 0 Å². The van der Waals surface area contributed by atoms with Gasteiger partial charge in [0, 0.05) is 13.1 Å². The molecule has 0 saturated carbocycles. The van der Waals surface area contributed by atoms with E-state index in [4.69, 9.17) is 25.8 Å².